The van der Waals surface area contributed by atoms with Gasteiger partial charge in [-0.25, -0.2) is 9.38 Å². The monoisotopic (exact) mass is 383 g/mol. The van der Waals surface area contributed by atoms with E-state index in [-0.39, 0.29) is 5.49 Å². The van der Waals surface area contributed by atoms with E-state index in [1.54, 1.807) is 11.6 Å². The van der Waals surface area contributed by atoms with Crippen LogP contribution in [0.1, 0.15) is 5.56 Å². The van der Waals surface area contributed by atoms with Crippen molar-refractivity contribution >= 4 is 23.4 Å². The molecular weight excluding hydrogens is 357 g/mol. The Labute approximate surface area is 164 Å². The number of rotatable bonds is 5. The second-order valence-corrected chi connectivity index (χ2v) is 6.96. The first-order valence-corrected chi connectivity index (χ1v) is 9.29. The van der Waals surface area contributed by atoms with E-state index in [9.17, 15) is 9.18 Å². The van der Waals surface area contributed by atoms with Gasteiger partial charge in [-0.15, -0.1) is 0 Å². The summed E-state index contributed by atoms with van der Waals surface area (Å²) in [6, 6.07) is 9.14. The first kappa shape index (κ1) is 19.8. The number of aldehydes is 1. The highest BCUT2D eigenvalue weighted by Gasteiger charge is 2.13. The van der Waals surface area contributed by atoms with E-state index in [4.69, 9.17) is 0 Å². The summed E-state index contributed by atoms with van der Waals surface area (Å²) in [6.07, 6.45) is 3.90. The highest BCUT2D eigenvalue weighted by atomic mass is 19.1. The summed E-state index contributed by atoms with van der Waals surface area (Å²) in [6.45, 7) is 3.44. The van der Waals surface area contributed by atoms with Crippen LogP contribution in [0.3, 0.4) is 0 Å². The minimum absolute atomic E-state index is 0.184. The van der Waals surface area contributed by atoms with Crippen molar-refractivity contribution in [3.63, 3.8) is 0 Å². The van der Waals surface area contributed by atoms with Crippen LogP contribution in [0.4, 0.5) is 15.8 Å². The molecule has 1 N–H and O–H groups in total. The first-order valence-electron chi connectivity index (χ1n) is 9.29. The molecule has 1 aromatic heterocycles. The molecular formula is C21H26FN5O. The molecule has 1 aromatic carbocycles. The summed E-state index contributed by atoms with van der Waals surface area (Å²) in [5, 5.41) is 3.29. The Morgan fingerprint density at radius 1 is 1.21 bits per heavy atom. The first-order chi connectivity index (χ1) is 13.5. The Bertz CT molecular complexity index is 899. The van der Waals surface area contributed by atoms with Gasteiger partial charge in [0.1, 0.15) is 6.29 Å². The fraction of sp³-hybridized carbons (Fsp3) is 0.333. The van der Waals surface area contributed by atoms with Crippen LogP contribution in [0.5, 0.6) is 0 Å². The number of piperazine rings is 1. The van der Waals surface area contributed by atoms with Crippen molar-refractivity contribution in [2.24, 2.45) is 12.0 Å². The van der Waals surface area contributed by atoms with Crippen LogP contribution in [-0.4, -0.2) is 51.1 Å². The third kappa shape index (κ3) is 4.48. The van der Waals surface area contributed by atoms with Gasteiger partial charge in [0.15, 0.2) is 11.3 Å². The van der Waals surface area contributed by atoms with E-state index in [0.717, 1.165) is 43.1 Å². The Morgan fingerprint density at radius 3 is 2.46 bits per heavy atom. The largest absolute Gasteiger partial charge is 0.378 e. The smallest absolute Gasteiger partial charge is 0.169 e. The zero-order valence-corrected chi connectivity index (χ0v) is 16.5. The number of nitrogens with one attached hydrogen (secondary N) is 1. The summed E-state index contributed by atoms with van der Waals surface area (Å²) in [5.74, 6) is -0.416. The van der Waals surface area contributed by atoms with Crippen LogP contribution in [0.25, 0.3) is 5.70 Å². The molecule has 1 aliphatic rings. The number of pyridine rings is 1. The topological polar surface area (TPSA) is 52.9 Å². The molecule has 6 nitrogen and oxygen atoms in total. The molecule has 0 spiro atoms. The molecule has 1 aliphatic heterocycles. The normalized spacial score (nSPS) is 15.6. The van der Waals surface area contributed by atoms with Gasteiger partial charge in [0, 0.05) is 76.9 Å². The molecule has 0 atom stereocenters. The van der Waals surface area contributed by atoms with Crippen molar-refractivity contribution in [2.75, 3.05) is 50.1 Å². The molecule has 2 aromatic rings. The molecule has 7 heteroatoms. The minimum Gasteiger partial charge on any atom is -0.378 e. The van der Waals surface area contributed by atoms with Gasteiger partial charge in [0.05, 0.1) is 11.4 Å². The number of aromatic nitrogens is 1. The number of halogens is 1. The minimum atomic E-state index is -0.416. The molecule has 0 radical (unpaired) electrons. The molecule has 0 amide bonds. The predicted octanol–water partition coefficient (Wildman–Crippen LogP) is 1.78. The van der Waals surface area contributed by atoms with Gasteiger partial charge in [-0.1, -0.05) is 12.1 Å². The van der Waals surface area contributed by atoms with E-state index in [1.165, 1.54) is 12.1 Å². The molecule has 148 valence electrons. The molecule has 0 aliphatic carbocycles. The van der Waals surface area contributed by atoms with Gasteiger partial charge in [-0.05, 0) is 12.1 Å². The van der Waals surface area contributed by atoms with Gasteiger partial charge in [0.25, 0.3) is 0 Å². The maximum absolute atomic E-state index is 14.9. The fourth-order valence-electron chi connectivity index (χ4n) is 3.19. The lowest BCUT2D eigenvalue weighted by atomic mass is 10.1. The predicted molar refractivity (Wildman–Crippen MR) is 111 cm³/mol. The number of carbonyl (C=O) groups is 1. The third-order valence-corrected chi connectivity index (χ3v) is 4.76. The van der Waals surface area contributed by atoms with Gasteiger partial charge < -0.3 is 19.7 Å². The summed E-state index contributed by atoms with van der Waals surface area (Å²) >= 11 is 0. The van der Waals surface area contributed by atoms with Gasteiger partial charge in [-0.3, -0.25) is 4.79 Å². The average Bonchev–Trinajstić information content (AvgIpc) is 2.70. The Morgan fingerprint density at radius 2 is 1.89 bits per heavy atom. The maximum Gasteiger partial charge on any atom is 0.169 e. The van der Waals surface area contributed by atoms with Crippen LogP contribution in [0, 0.1) is 5.82 Å². The fourth-order valence-corrected chi connectivity index (χ4v) is 3.19. The molecule has 2 heterocycles. The van der Waals surface area contributed by atoms with E-state index in [0.29, 0.717) is 12.0 Å². The molecule has 3 rings (SSSR count). The number of carbonyl (C=O) groups excluding carboxylic acids is 1. The maximum atomic E-state index is 14.9. The highest BCUT2D eigenvalue weighted by Crippen LogP contribution is 2.20. The summed E-state index contributed by atoms with van der Waals surface area (Å²) < 4.78 is 16.5. The van der Waals surface area contributed by atoms with E-state index >= 15 is 0 Å². The highest BCUT2D eigenvalue weighted by molar-refractivity contribution is 5.81. The van der Waals surface area contributed by atoms with Crippen molar-refractivity contribution in [2.45, 2.75) is 0 Å². The quantitative estimate of drug-likeness (QED) is 0.632. The van der Waals surface area contributed by atoms with Crippen molar-refractivity contribution in [3.05, 3.63) is 59.5 Å². The number of benzene rings is 1. The molecule has 1 saturated heterocycles. The van der Waals surface area contributed by atoms with Crippen LogP contribution in [0.2, 0.25) is 0 Å². The van der Waals surface area contributed by atoms with Gasteiger partial charge in [-0.2, -0.15) is 0 Å². The average molecular weight is 383 g/mol. The zero-order chi connectivity index (χ0) is 20.1. The van der Waals surface area contributed by atoms with E-state index in [1.807, 2.05) is 49.5 Å². The summed E-state index contributed by atoms with van der Waals surface area (Å²) in [5.41, 5.74) is 3.22. The zero-order valence-electron chi connectivity index (χ0n) is 16.5. The van der Waals surface area contributed by atoms with Gasteiger partial charge in [0.2, 0.25) is 0 Å². The molecule has 28 heavy (non-hydrogen) atoms. The van der Waals surface area contributed by atoms with Crippen molar-refractivity contribution < 1.29 is 9.18 Å². The number of aryl methyl sites for hydroxylation is 1. The molecule has 0 bridgehead atoms. The lowest BCUT2D eigenvalue weighted by molar-refractivity contribution is -0.104. The molecule has 1 fully saturated rings. The van der Waals surface area contributed by atoms with Crippen LogP contribution in [0.15, 0.2) is 47.6 Å². The number of hydrogen-bond donors (Lipinski definition) is 1. The number of hydrogen-bond acceptors (Lipinski definition) is 5. The lowest BCUT2D eigenvalue weighted by Gasteiger charge is -2.29. The third-order valence-electron chi connectivity index (χ3n) is 4.76. The van der Waals surface area contributed by atoms with Gasteiger partial charge >= 0.3 is 0 Å². The van der Waals surface area contributed by atoms with Crippen LogP contribution < -0.4 is 20.6 Å². The van der Waals surface area contributed by atoms with Crippen molar-refractivity contribution in [1.29, 1.82) is 0 Å². The lowest BCUT2D eigenvalue weighted by Crippen LogP contribution is -2.44. The standard InChI is InChI=1S/C21H26FN5O/c1-25(2)17-6-4-16(5-7-17)20(8-13-28)24-21-19(22)14-18(15-26(21)3)27-11-9-23-10-12-27/h4-8,13-15,23H,9-12H2,1-3H3/b20-8-,24-21-. The van der Waals surface area contributed by atoms with E-state index < -0.39 is 5.82 Å². The van der Waals surface area contributed by atoms with Crippen LogP contribution in [-0.2, 0) is 11.8 Å². The second-order valence-electron chi connectivity index (χ2n) is 6.96. The molecule has 0 saturated carbocycles. The van der Waals surface area contributed by atoms with Crippen molar-refractivity contribution in [3.8, 4) is 0 Å². The molecule has 0 unspecified atom stereocenters. The number of anilines is 2. The van der Waals surface area contributed by atoms with Crippen LogP contribution >= 0.6 is 0 Å². The Hall–Kier alpha value is -2.93. The van der Waals surface area contributed by atoms with E-state index in [2.05, 4.69) is 15.2 Å². The number of nitrogens with zero attached hydrogens (tertiary/aromatic N) is 4. The second kappa shape index (κ2) is 8.84. The Balaban J connectivity index is 1.99. The summed E-state index contributed by atoms with van der Waals surface area (Å²) in [4.78, 5) is 19.7. The number of allylic oxidation sites excluding steroid dienone is 1. The Kier molecular flexibility index (Phi) is 6.26. The summed E-state index contributed by atoms with van der Waals surface area (Å²) in [7, 11) is 5.68. The van der Waals surface area contributed by atoms with Crippen molar-refractivity contribution in [1.82, 2.24) is 9.88 Å². The SMILES string of the molecule is CN(C)c1ccc(C(=C/C=O)/N=c2/c(F)cc(N3CCNCC3)cn2C)cc1.